The molecule has 2 N–H and O–H groups in total. The zero-order chi connectivity index (χ0) is 29.4. The van der Waals surface area contributed by atoms with Gasteiger partial charge in [0.15, 0.2) is 0 Å². The minimum atomic E-state index is -4.47. The van der Waals surface area contributed by atoms with Crippen molar-refractivity contribution in [2.24, 2.45) is 17.6 Å². The van der Waals surface area contributed by atoms with E-state index in [0.717, 1.165) is 24.0 Å². The molecule has 0 radical (unpaired) electrons. The molecule has 2 saturated heterocycles. The Morgan fingerprint density at radius 1 is 1.05 bits per heavy atom. The average Bonchev–Trinajstić information content (AvgIpc) is 3.34. The predicted octanol–water partition coefficient (Wildman–Crippen LogP) is 4.73. The van der Waals surface area contributed by atoms with Gasteiger partial charge in [-0.2, -0.15) is 13.2 Å². The van der Waals surface area contributed by atoms with Gasteiger partial charge in [-0.25, -0.2) is 12.7 Å². The Balaban J connectivity index is 1.53. The molecule has 0 bridgehead atoms. The van der Waals surface area contributed by atoms with E-state index in [1.165, 1.54) is 10.4 Å². The van der Waals surface area contributed by atoms with Crippen LogP contribution in [0.2, 0.25) is 5.02 Å². The monoisotopic (exact) mass is 600 g/mol. The molecule has 2 heterocycles. The van der Waals surface area contributed by atoms with Crippen LogP contribution in [0.15, 0.2) is 42.5 Å². The Bertz CT molecular complexity index is 1310. The maximum absolute atomic E-state index is 13.7. The van der Waals surface area contributed by atoms with Crippen molar-refractivity contribution in [2.45, 2.75) is 38.4 Å². The lowest BCUT2D eigenvalue weighted by Crippen LogP contribution is -2.51. The molecule has 0 saturated carbocycles. The summed E-state index contributed by atoms with van der Waals surface area (Å²) in [4.78, 5) is 17.4. The molecule has 0 aromatic heterocycles. The zero-order valence-electron chi connectivity index (χ0n) is 22.9. The summed E-state index contributed by atoms with van der Waals surface area (Å²) >= 11 is 6.04. The van der Waals surface area contributed by atoms with Crippen LogP contribution < -0.4 is 10.6 Å². The number of nitrogens with two attached hydrogens (primary N) is 1. The third-order valence-corrected chi connectivity index (χ3v) is 9.27. The van der Waals surface area contributed by atoms with E-state index in [0.29, 0.717) is 48.9 Å². The summed E-state index contributed by atoms with van der Waals surface area (Å²) in [6, 6.07) is 10.2. The SMILES string of the molecule is CC(C)C[C@H](N)c1cc(C(F)(F)F)ccc1N1CCN(C(=O)[C@@H]2CN(S(C)(=O)=O)C[C@H]2c2ccc(Cl)cc2)CC1. The summed E-state index contributed by atoms with van der Waals surface area (Å²) in [5.74, 6) is -0.787. The molecule has 0 spiro atoms. The first kappa shape index (κ1) is 30.6. The Kier molecular flexibility index (Phi) is 9.09. The van der Waals surface area contributed by atoms with Crippen LogP contribution in [-0.4, -0.2) is 69.1 Å². The van der Waals surface area contributed by atoms with E-state index in [1.807, 2.05) is 30.9 Å². The van der Waals surface area contributed by atoms with Crippen molar-refractivity contribution in [1.29, 1.82) is 0 Å². The van der Waals surface area contributed by atoms with Crippen LogP contribution >= 0.6 is 11.6 Å². The highest BCUT2D eigenvalue weighted by molar-refractivity contribution is 7.88. The van der Waals surface area contributed by atoms with Gasteiger partial charge in [0.25, 0.3) is 0 Å². The fourth-order valence-electron chi connectivity index (χ4n) is 5.69. The van der Waals surface area contributed by atoms with Crippen LogP contribution in [0, 0.1) is 11.8 Å². The maximum Gasteiger partial charge on any atom is 0.416 e. The predicted molar refractivity (Wildman–Crippen MR) is 151 cm³/mol. The summed E-state index contributed by atoms with van der Waals surface area (Å²) < 4.78 is 66.5. The van der Waals surface area contributed by atoms with E-state index < -0.39 is 33.7 Å². The molecule has 4 rings (SSSR count). The van der Waals surface area contributed by atoms with Gasteiger partial charge in [0.05, 0.1) is 17.7 Å². The molecular formula is C28H36ClF3N4O3S. The summed E-state index contributed by atoms with van der Waals surface area (Å²) in [5.41, 5.74) is 7.60. The molecule has 0 aliphatic carbocycles. The zero-order valence-corrected chi connectivity index (χ0v) is 24.4. The van der Waals surface area contributed by atoms with Crippen LogP contribution in [0.1, 0.15) is 48.9 Å². The number of benzene rings is 2. The molecule has 3 atom stereocenters. The van der Waals surface area contributed by atoms with Crippen LogP contribution in [-0.2, 0) is 21.0 Å². The summed E-state index contributed by atoms with van der Waals surface area (Å²) in [7, 11) is -3.49. The number of carbonyl (C=O) groups excluding carboxylic acids is 1. The highest BCUT2D eigenvalue weighted by Gasteiger charge is 2.44. The van der Waals surface area contributed by atoms with Gasteiger partial charge in [-0.3, -0.25) is 4.79 Å². The maximum atomic E-state index is 13.7. The molecule has 1 amide bonds. The van der Waals surface area contributed by atoms with Crippen LogP contribution in [0.5, 0.6) is 0 Å². The number of hydrogen-bond donors (Lipinski definition) is 1. The molecule has 2 aliphatic heterocycles. The lowest BCUT2D eigenvalue weighted by molar-refractivity contribution is -0.138. The molecule has 0 unspecified atom stereocenters. The first-order valence-corrected chi connectivity index (χ1v) is 15.6. The number of hydrogen-bond acceptors (Lipinski definition) is 5. The van der Waals surface area contributed by atoms with Crippen molar-refractivity contribution in [1.82, 2.24) is 9.21 Å². The lowest BCUT2D eigenvalue weighted by Gasteiger charge is -2.39. The Morgan fingerprint density at radius 2 is 1.68 bits per heavy atom. The van der Waals surface area contributed by atoms with E-state index >= 15 is 0 Å². The van der Waals surface area contributed by atoms with Gasteiger partial charge in [-0.15, -0.1) is 0 Å². The number of alkyl halides is 3. The molecular weight excluding hydrogens is 565 g/mol. The molecule has 220 valence electrons. The van der Waals surface area contributed by atoms with Gasteiger partial charge < -0.3 is 15.5 Å². The number of piperazine rings is 1. The molecule has 2 aliphatic rings. The highest BCUT2D eigenvalue weighted by Crippen LogP contribution is 2.38. The van der Waals surface area contributed by atoms with Gasteiger partial charge in [0.2, 0.25) is 15.9 Å². The molecule has 7 nitrogen and oxygen atoms in total. The van der Waals surface area contributed by atoms with Crippen LogP contribution in [0.4, 0.5) is 18.9 Å². The fourth-order valence-corrected chi connectivity index (χ4v) is 6.68. The van der Waals surface area contributed by atoms with E-state index in [2.05, 4.69) is 0 Å². The Hall–Kier alpha value is -2.34. The van der Waals surface area contributed by atoms with Gasteiger partial charge in [-0.1, -0.05) is 37.6 Å². The Morgan fingerprint density at radius 3 is 2.23 bits per heavy atom. The number of anilines is 1. The largest absolute Gasteiger partial charge is 0.416 e. The normalized spacial score (nSPS) is 21.7. The van der Waals surface area contributed by atoms with Crippen molar-refractivity contribution < 1.29 is 26.4 Å². The number of carbonyl (C=O) groups is 1. The van der Waals surface area contributed by atoms with Gasteiger partial charge >= 0.3 is 6.18 Å². The lowest BCUT2D eigenvalue weighted by atomic mass is 9.88. The second-order valence-electron chi connectivity index (χ2n) is 11.2. The van der Waals surface area contributed by atoms with Gasteiger partial charge in [0.1, 0.15) is 0 Å². The van der Waals surface area contributed by atoms with E-state index in [1.54, 1.807) is 17.0 Å². The van der Waals surface area contributed by atoms with Crippen LogP contribution in [0.25, 0.3) is 0 Å². The van der Waals surface area contributed by atoms with Crippen molar-refractivity contribution >= 4 is 33.2 Å². The second kappa shape index (κ2) is 11.9. The van der Waals surface area contributed by atoms with Crippen molar-refractivity contribution in [3.05, 3.63) is 64.2 Å². The fraction of sp³-hybridized carbons (Fsp3) is 0.536. The van der Waals surface area contributed by atoms with Crippen molar-refractivity contribution in [2.75, 3.05) is 50.4 Å². The number of sulfonamides is 1. The van der Waals surface area contributed by atoms with E-state index in [9.17, 15) is 26.4 Å². The average molecular weight is 601 g/mol. The second-order valence-corrected chi connectivity index (χ2v) is 13.6. The third kappa shape index (κ3) is 6.92. The van der Waals surface area contributed by atoms with Gasteiger partial charge in [-0.05, 0) is 53.8 Å². The minimum Gasteiger partial charge on any atom is -0.368 e. The van der Waals surface area contributed by atoms with Crippen molar-refractivity contribution in [3.63, 3.8) is 0 Å². The standard InChI is InChI=1S/C28H36ClF3N4O3S/c1-18(2)14-25(33)22-15-20(28(30,31)32)6-9-26(22)34-10-12-35(13-11-34)27(37)24-17-36(40(3,38)39)16-23(24)19-4-7-21(29)8-5-19/h4-9,15,18,23-25H,10-14,16-17,33H2,1-3H3/t23-,24+,25-/m0/s1. The molecule has 2 aromatic rings. The first-order valence-electron chi connectivity index (χ1n) is 13.4. The highest BCUT2D eigenvalue weighted by atomic mass is 35.5. The first-order chi connectivity index (χ1) is 18.6. The Labute approximate surface area is 239 Å². The number of amides is 1. The summed E-state index contributed by atoms with van der Waals surface area (Å²) in [6.45, 7) is 5.82. The summed E-state index contributed by atoms with van der Waals surface area (Å²) in [5, 5.41) is 0.552. The molecule has 2 fully saturated rings. The minimum absolute atomic E-state index is 0.0955. The number of nitrogens with zero attached hydrogens (tertiary/aromatic N) is 3. The molecule has 12 heteroatoms. The quantitative estimate of drug-likeness (QED) is 0.497. The van der Waals surface area contributed by atoms with Crippen molar-refractivity contribution in [3.8, 4) is 0 Å². The van der Waals surface area contributed by atoms with Gasteiger partial charge in [0, 0.05) is 61.9 Å². The topological polar surface area (TPSA) is 86.9 Å². The third-order valence-electron chi connectivity index (χ3n) is 7.78. The van der Waals surface area contributed by atoms with Crippen LogP contribution in [0.3, 0.4) is 0 Å². The van der Waals surface area contributed by atoms with E-state index in [4.69, 9.17) is 17.3 Å². The number of rotatable bonds is 7. The number of halogens is 4. The smallest absolute Gasteiger partial charge is 0.368 e. The van der Waals surface area contributed by atoms with E-state index in [-0.39, 0.29) is 30.8 Å². The summed E-state index contributed by atoms with van der Waals surface area (Å²) in [6.07, 6.45) is -2.79. The molecule has 40 heavy (non-hydrogen) atoms. The molecule has 2 aromatic carbocycles.